The average Bonchev–Trinajstić information content (AvgIpc) is 3.04. The van der Waals surface area contributed by atoms with E-state index in [9.17, 15) is 9.59 Å². The van der Waals surface area contributed by atoms with Gasteiger partial charge in [0.25, 0.3) is 0 Å². The second kappa shape index (κ2) is 7.47. The van der Waals surface area contributed by atoms with Crippen molar-refractivity contribution in [3.63, 3.8) is 0 Å². The van der Waals surface area contributed by atoms with Gasteiger partial charge in [-0.25, -0.2) is 0 Å². The summed E-state index contributed by atoms with van der Waals surface area (Å²) in [5.74, 6) is 0.120. The van der Waals surface area contributed by atoms with E-state index in [0.717, 1.165) is 17.1 Å². The summed E-state index contributed by atoms with van der Waals surface area (Å²) in [5.41, 5.74) is 2.54. The summed E-state index contributed by atoms with van der Waals surface area (Å²) in [4.78, 5) is 28.5. The van der Waals surface area contributed by atoms with Crippen LogP contribution in [0.2, 0.25) is 0 Å². The maximum atomic E-state index is 12.6. The Morgan fingerprint density at radius 3 is 2.58 bits per heavy atom. The van der Waals surface area contributed by atoms with Crippen molar-refractivity contribution in [3.8, 4) is 5.75 Å². The van der Waals surface area contributed by atoms with E-state index in [1.807, 2.05) is 61.5 Å². The van der Waals surface area contributed by atoms with Crippen LogP contribution in [0.3, 0.4) is 0 Å². The Labute approximate surface area is 153 Å². The molecule has 1 heterocycles. The Balaban J connectivity index is 1.66. The molecule has 0 bridgehead atoms. The predicted molar refractivity (Wildman–Crippen MR) is 103 cm³/mol. The SMILES string of the molecule is COc1cccc(N2CC(C(=O)Nc3ccc(N(C)C)cc3)CC2=O)c1. The molecule has 1 aliphatic rings. The number of hydrogen-bond acceptors (Lipinski definition) is 4. The van der Waals surface area contributed by atoms with Crippen molar-refractivity contribution >= 4 is 28.9 Å². The standard InChI is InChI=1S/C20H23N3O3/c1-22(2)16-9-7-15(8-10-16)21-20(25)14-11-19(24)23(13-14)17-5-4-6-18(12-17)26-3/h4-10,12,14H,11,13H2,1-3H3,(H,21,25). The van der Waals surface area contributed by atoms with Gasteiger partial charge in [0.1, 0.15) is 5.75 Å². The molecule has 0 aliphatic carbocycles. The number of ether oxygens (including phenoxy) is 1. The van der Waals surface area contributed by atoms with Crippen LogP contribution in [0.5, 0.6) is 5.75 Å². The highest BCUT2D eigenvalue weighted by atomic mass is 16.5. The molecule has 26 heavy (non-hydrogen) atoms. The number of anilines is 3. The number of nitrogens with zero attached hydrogens (tertiary/aromatic N) is 2. The number of rotatable bonds is 5. The number of hydrogen-bond donors (Lipinski definition) is 1. The quantitative estimate of drug-likeness (QED) is 0.898. The molecule has 1 N–H and O–H groups in total. The monoisotopic (exact) mass is 353 g/mol. The molecule has 0 aromatic heterocycles. The molecule has 2 amide bonds. The summed E-state index contributed by atoms with van der Waals surface area (Å²) in [6, 6.07) is 14.9. The fraction of sp³-hybridized carbons (Fsp3) is 0.300. The largest absolute Gasteiger partial charge is 0.497 e. The van der Waals surface area contributed by atoms with E-state index in [1.54, 1.807) is 18.1 Å². The molecule has 3 rings (SSSR count). The van der Waals surface area contributed by atoms with Crippen molar-refractivity contribution in [1.82, 2.24) is 0 Å². The lowest BCUT2D eigenvalue weighted by molar-refractivity contribution is -0.122. The molecule has 0 spiro atoms. The molecular weight excluding hydrogens is 330 g/mol. The van der Waals surface area contributed by atoms with Crippen LogP contribution in [-0.2, 0) is 9.59 Å². The maximum Gasteiger partial charge on any atom is 0.229 e. The van der Waals surface area contributed by atoms with Crippen LogP contribution in [0.15, 0.2) is 48.5 Å². The summed E-state index contributed by atoms with van der Waals surface area (Å²) in [6.07, 6.45) is 0.207. The van der Waals surface area contributed by atoms with Gasteiger partial charge in [0.05, 0.1) is 13.0 Å². The fourth-order valence-corrected chi connectivity index (χ4v) is 3.00. The number of carbonyl (C=O) groups is 2. The molecule has 2 aromatic carbocycles. The Bertz CT molecular complexity index is 802. The number of carbonyl (C=O) groups excluding carboxylic acids is 2. The summed E-state index contributed by atoms with van der Waals surface area (Å²) in [7, 11) is 5.51. The third-order valence-electron chi connectivity index (χ3n) is 4.51. The smallest absolute Gasteiger partial charge is 0.229 e. The molecule has 1 fully saturated rings. The van der Waals surface area contributed by atoms with Gasteiger partial charge in [-0.05, 0) is 36.4 Å². The molecule has 1 atom stereocenters. The van der Waals surface area contributed by atoms with Crippen molar-refractivity contribution in [2.45, 2.75) is 6.42 Å². The Morgan fingerprint density at radius 1 is 1.19 bits per heavy atom. The number of benzene rings is 2. The van der Waals surface area contributed by atoms with Gasteiger partial charge >= 0.3 is 0 Å². The molecule has 0 saturated carbocycles. The van der Waals surface area contributed by atoms with Gasteiger partial charge in [-0.1, -0.05) is 6.07 Å². The van der Waals surface area contributed by atoms with E-state index in [2.05, 4.69) is 5.32 Å². The van der Waals surface area contributed by atoms with Crippen molar-refractivity contribution < 1.29 is 14.3 Å². The third-order valence-corrected chi connectivity index (χ3v) is 4.51. The maximum absolute atomic E-state index is 12.6. The van der Waals surface area contributed by atoms with Gasteiger partial charge in [0.2, 0.25) is 11.8 Å². The lowest BCUT2D eigenvalue weighted by atomic mass is 10.1. The first-order valence-electron chi connectivity index (χ1n) is 8.50. The highest BCUT2D eigenvalue weighted by Gasteiger charge is 2.35. The van der Waals surface area contributed by atoms with E-state index in [-0.39, 0.29) is 24.2 Å². The first-order valence-corrected chi connectivity index (χ1v) is 8.50. The van der Waals surface area contributed by atoms with Gasteiger partial charge in [-0.3, -0.25) is 9.59 Å². The van der Waals surface area contributed by atoms with Gasteiger partial charge in [0.15, 0.2) is 0 Å². The topological polar surface area (TPSA) is 61.9 Å². The van der Waals surface area contributed by atoms with Crippen LogP contribution in [0.1, 0.15) is 6.42 Å². The first-order chi connectivity index (χ1) is 12.5. The van der Waals surface area contributed by atoms with E-state index < -0.39 is 0 Å². The number of amides is 2. The first kappa shape index (κ1) is 17.8. The minimum Gasteiger partial charge on any atom is -0.497 e. The zero-order valence-electron chi connectivity index (χ0n) is 15.2. The van der Waals surface area contributed by atoms with Crippen LogP contribution >= 0.6 is 0 Å². The summed E-state index contributed by atoms with van der Waals surface area (Å²) < 4.78 is 5.21. The van der Waals surface area contributed by atoms with E-state index in [1.165, 1.54) is 0 Å². The Hall–Kier alpha value is -3.02. The molecule has 2 aromatic rings. The Kier molecular flexibility index (Phi) is 5.11. The van der Waals surface area contributed by atoms with Gasteiger partial charge in [0, 0.05) is 50.2 Å². The average molecular weight is 353 g/mol. The molecule has 1 aliphatic heterocycles. The lowest BCUT2D eigenvalue weighted by Gasteiger charge is -2.17. The van der Waals surface area contributed by atoms with Crippen LogP contribution in [-0.4, -0.2) is 39.6 Å². The molecule has 6 heteroatoms. The van der Waals surface area contributed by atoms with Crippen LogP contribution in [0.4, 0.5) is 17.1 Å². The van der Waals surface area contributed by atoms with E-state index in [4.69, 9.17) is 4.74 Å². The summed E-state index contributed by atoms with van der Waals surface area (Å²) in [6.45, 7) is 0.369. The minimum atomic E-state index is -0.373. The zero-order chi connectivity index (χ0) is 18.7. The molecule has 0 radical (unpaired) electrons. The fourth-order valence-electron chi connectivity index (χ4n) is 3.00. The molecule has 1 unspecified atom stereocenters. The lowest BCUT2D eigenvalue weighted by Crippen LogP contribution is -2.28. The van der Waals surface area contributed by atoms with Crippen molar-refractivity contribution in [1.29, 1.82) is 0 Å². The van der Waals surface area contributed by atoms with Gasteiger partial charge in [-0.15, -0.1) is 0 Å². The molecule has 136 valence electrons. The highest BCUT2D eigenvalue weighted by molar-refractivity contribution is 6.03. The van der Waals surface area contributed by atoms with Crippen LogP contribution in [0.25, 0.3) is 0 Å². The van der Waals surface area contributed by atoms with Crippen molar-refractivity contribution in [3.05, 3.63) is 48.5 Å². The van der Waals surface area contributed by atoms with E-state index in [0.29, 0.717) is 12.3 Å². The third kappa shape index (κ3) is 3.79. The van der Waals surface area contributed by atoms with Gasteiger partial charge in [-0.2, -0.15) is 0 Å². The van der Waals surface area contributed by atoms with Crippen LogP contribution in [0, 0.1) is 5.92 Å². The molecule has 6 nitrogen and oxygen atoms in total. The van der Waals surface area contributed by atoms with E-state index >= 15 is 0 Å². The zero-order valence-corrected chi connectivity index (χ0v) is 15.2. The molecular formula is C20H23N3O3. The molecule has 1 saturated heterocycles. The Morgan fingerprint density at radius 2 is 1.92 bits per heavy atom. The van der Waals surface area contributed by atoms with Crippen molar-refractivity contribution in [2.24, 2.45) is 5.92 Å². The highest BCUT2D eigenvalue weighted by Crippen LogP contribution is 2.28. The second-order valence-corrected chi connectivity index (χ2v) is 6.54. The van der Waals surface area contributed by atoms with Gasteiger partial charge < -0.3 is 19.9 Å². The van der Waals surface area contributed by atoms with Crippen LogP contribution < -0.4 is 19.9 Å². The number of methoxy groups -OCH3 is 1. The second-order valence-electron chi connectivity index (χ2n) is 6.54. The summed E-state index contributed by atoms with van der Waals surface area (Å²) in [5, 5.41) is 2.90. The predicted octanol–water partition coefficient (Wildman–Crippen LogP) is 2.75. The number of nitrogens with one attached hydrogen (secondary N) is 1. The summed E-state index contributed by atoms with van der Waals surface area (Å²) >= 11 is 0. The normalized spacial score (nSPS) is 16.5. The van der Waals surface area contributed by atoms with Crippen molar-refractivity contribution in [2.75, 3.05) is 42.9 Å². The minimum absolute atomic E-state index is 0.0543.